The smallest absolute Gasteiger partial charge is 0.366 e. The van der Waals surface area contributed by atoms with Gasteiger partial charge in [0.05, 0.1) is 18.4 Å². The lowest BCUT2D eigenvalue weighted by Crippen LogP contribution is -2.73. The molecule has 6 rings (SSSR count). The number of hydrazine groups is 1. The molecular weight excluding hydrogens is 566 g/mol. The summed E-state index contributed by atoms with van der Waals surface area (Å²) in [6.45, 7) is 0.0171. The first kappa shape index (κ1) is 31.2. The van der Waals surface area contributed by atoms with Crippen LogP contribution < -0.4 is 32.0 Å². The SMILES string of the molecule is COC1NCNC(C2CC2)C1C1NCC2C(N1)C(CC1CCC(C3NC(C(F)(F)F)CN3C)CC1)NN2CC(F)(F)F. The third-order valence-corrected chi connectivity index (χ3v) is 10.7. The monoisotopic (exact) mass is 612 g/mol. The van der Waals surface area contributed by atoms with Gasteiger partial charge in [-0.15, -0.1) is 0 Å². The summed E-state index contributed by atoms with van der Waals surface area (Å²) in [7, 11) is 3.43. The highest BCUT2D eigenvalue weighted by molar-refractivity contribution is 5.08. The number of alkyl halides is 6. The van der Waals surface area contributed by atoms with Gasteiger partial charge >= 0.3 is 12.4 Å². The van der Waals surface area contributed by atoms with Gasteiger partial charge < -0.3 is 10.1 Å². The molecule has 0 bridgehead atoms. The number of halogens is 6. The Morgan fingerprint density at radius 2 is 1.57 bits per heavy atom. The predicted molar refractivity (Wildman–Crippen MR) is 144 cm³/mol. The molecule has 2 saturated carbocycles. The zero-order chi connectivity index (χ0) is 29.8. The van der Waals surface area contributed by atoms with Gasteiger partial charge in [-0.2, -0.15) is 26.3 Å². The Morgan fingerprint density at radius 3 is 2.19 bits per heavy atom. The van der Waals surface area contributed by atoms with Gasteiger partial charge in [-0.1, -0.05) is 12.8 Å². The first-order chi connectivity index (χ1) is 19.9. The molecule has 9 atom stereocenters. The fraction of sp³-hybridized carbons (Fsp3) is 1.00. The van der Waals surface area contributed by atoms with Crippen LogP contribution in [-0.4, -0.2) is 111 Å². The molecule has 2 aliphatic carbocycles. The van der Waals surface area contributed by atoms with Gasteiger partial charge in [0.25, 0.3) is 0 Å². The van der Waals surface area contributed by atoms with E-state index in [1.165, 1.54) is 17.9 Å². The van der Waals surface area contributed by atoms with Crippen molar-refractivity contribution in [1.82, 2.24) is 41.9 Å². The Morgan fingerprint density at radius 1 is 0.857 bits per heavy atom. The average molecular weight is 613 g/mol. The molecule has 0 radical (unpaired) electrons. The number of likely N-dealkylation sites (N-methyl/N-ethyl adjacent to an activating group) is 1. The summed E-state index contributed by atoms with van der Waals surface area (Å²) in [5, 5.41) is 18.4. The molecule has 6 aliphatic rings. The Hall–Kier alpha value is -0.780. The van der Waals surface area contributed by atoms with E-state index in [0.29, 0.717) is 25.0 Å². The molecule has 0 aromatic rings. The van der Waals surface area contributed by atoms with Crippen LogP contribution in [0.1, 0.15) is 44.9 Å². The van der Waals surface area contributed by atoms with Crippen LogP contribution in [0.4, 0.5) is 26.3 Å². The van der Waals surface area contributed by atoms with Crippen LogP contribution in [0.3, 0.4) is 0 Å². The van der Waals surface area contributed by atoms with Gasteiger partial charge in [0.15, 0.2) is 0 Å². The van der Waals surface area contributed by atoms with Crippen molar-refractivity contribution in [2.75, 3.05) is 40.5 Å². The quantitative estimate of drug-likeness (QED) is 0.240. The summed E-state index contributed by atoms with van der Waals surface area (Å²) in [6, 6.07) is -1.95. The van der Waals surface area contributed by atoms with Gasteiger partial charge in [0, 0.05) is 50.9 Å². The van der Waals surface area contributed by atoms with Crippen LogP contribution in [0.15, 0.2) is 0 Å². The maximum absolute atomic E-state index is 13.6. The van der Waals surface area contributed by atoms with E-state index in [4.69, 9.17) is 4.74 Å². The van der Waals surface area contributed by atoms with Crippen molar-refractivity contribution in [3.05, 3.63) is 0 Å². The summed E-state index contributed by atoms with van der Waals surface area (Å²) in [6.07, 6.45) is -2.81. The highest BCUT2D eigenvalue weighted by Crippen LogP contribution is 2.41. The largest absolute Gasteiger partial charge is 0.405 e. The molecule has 0 amide bonds. The van der Waals surface area contributed by atoms with E-state index in [-0.39, 0.29) is 61.1 Å². The van der Waals surface area contributed by atoms with Crippen LogP contribution in [0.5, 0.6) is 0 Å². The van der Waals surface area contributed by atoms with Crippen molar-refractivity contribution >= 4 is 0 Å². The van der Waals surface area contributed by atoms with Crippen LogP contribution in [0, 0.1) is 23.7 Å². The summed E-state index contributed by atoms with van der Waals surface area (Å²) >= 11 is 0. The lowest BCUT2D eigenvalue weighted by atomic mass is 9.76. The Bertz CT molecular complexity index is 916. The van der Waals surface area contributed by atoms with Gasteiger partial charge in [-0.25, -0.2) is 10.4 Å². The molecule has 4 saturated heterocycles. The van der Waals surface area contributed by atoms with E-state index in [9.17, 15) is 26.3 Å². The number of ether oxygens (including phenoxy) is 1. The topological polar surface area (TPSA) is 87.9 Å². The number of rotatable bonds is 7. The third-order valence-electron chi connectivity index (χ3n) is 10.7. The normalized spacial score (nSPS) is 44.4. The second-order valence-electron chi connectivity index (χ2n) is 13.5. The molecule has 9 nitrogen and oxygen atoms in total. The lowest BCUT2D eigenvalue weighted by Gasteiger charge is -2.48. The minimum Gasteiger partial charge on any atom is -0.366 e. The number of hydrogen-bond acceptors (Lipinski definition) is 9. The van der Waals surface area contributed by atoms with Crippen molar-refractivity contribution in [1.29, 1.82) is 0 Å². The predicted octanol–water partition coefficient (Wildman–Crippen LogP) is 1.50. The van der Waals surface area contributed by atoms with E-state index >= 15 is 0 Å². The second kappa shape index (κ2) is 12.2. The molecule has 4 aliphatic heterocycles. The van der Waals surface area contributed by atoms with Crippen molar-refractivity contribution in [3.63, 3.8) is 0 Å². The molecule has 242 valence electrons. The lowest BCUT2D eigenvalue weighted by molar-refractivity contribution is -0.155. The van der Waals surface area contributed by atoms with Crippen molar-refractivity contribution in [3.8, 4) is 0 Å². The summed E-state index contributed by atoms with van der Waals surface area (Å²) in [5.41, 5.74) is 3.23. The van der Waals surface area contributed by atoms with Crippen LogP contribution >= 0.6 is 0 Å². The van der Waals surface area contributed by atoms with E-state index in [2.05, 4.69) is 32.0 Å². The number of nitrogens with one attached hydrogen (secondary N) is 6. The molecular formula is C27H46F6N8O. The van der Waals surface area contributed by atoms with Crippen LogP contribution in [0.25, 0.3) is 0 Å². The minimum atomic E-state index is -4.33. The van der Waals surface area contributed by atoms with Crippen molar-refractivity contribution in [2.24, 2.45) is 23.7 Å². The van der Waals surface area contributed by atoms with E-state index in [1.54, 1.807) is 19.1 Å². The standard InChI is InChI=1S/C27H46F6N8O/c1-40-11-19(27(31,32)33)37-24(40)16-5-3-14(4-6-16)9-17-22-18(41(39-17)12-26(28,29)30)10-34-23(38-22)20-21(15-7-8-15)35-13-36-25(20)42-2/h14-25,34-39H,3-13H2,1-2H3. The number of hydrogen-bond donors (Lipinski definition) is 6. The summed E-state index contributed by atoms with van der Waals surface area (Å²) in [4.78, 5) is 1.78. The van der Waals surface area contributed by atoms with Crippen LogP contribution in [-0.2, 0) is 4.74 Å². The molecule has 4 heterocycles. The molecule has 0 aromatic heterocycles. The zero-order valence-corrected chi connectivity index (χ0v) is 24.3. The summed E-state index contributed by atoms with van der Waals surface area (Å²) < 4.78 is 86.3. The number of nitrogens with zero attached hydrogens (tertiary/aromatic N) is 2. The first-order valence-corrected chi connectivity index (χ1v) is 15.5. The third kappa shape index (κ3) is 6.74. The van der Waals surface area contributed by atoms with E-state index in [0.717, 1.165) is 32.1 Å². The van der Waals surface area contributed by atoms with Crippen molar-refractivity contribution in [2.45, 2.75) is 106 Å². The molecule has 6 fully saturated rings. The summed E-state index contributed by atoms with van der Waals surface area (Å²) in [5.74, 6) is 1.07. The molecule has 0 aromatic carbocycles. The van der Waals surface area contributed by atoms with Crippen LogP contribution in [0.2, 0.25) is 0 Å². The van der Waals surface area contributed by atoms with E-state index < -0.39 is 24.9 Å². The molecule has 0 spiro atoms. The second-order valence-corrected chi connectivity index (χ2v) is 13.5. The van der Waals surface area contributed by atoms with Crippen molar-refractivity contribution < 1.29 is 31.1 Å². The molecule has 6 N–H and O–H groups in total. The Balaban J connectivity index is 1.11. The maximum Gasteiger partial charge on any atom is 0.405 e. The molecule has 9 unspecified atom stereocenters. The molecule has 15 heteroatoms. The fourth-order valence-electron chi connectivity index (χ4n) is 8.51. The first-order valence-electron chi connectivity index (χ1n) is 15.5. The van der Waals surface area contributed by atoms with Gasteiger partial charge in [0.1, 0.15) is 18.8 Å². The highest BCUT2D eigenvalue weighted by atomic mass is 19.4. The maximum atomic E-state index is 13.6. The zero-order valence-electron chi connectivity index (χ0n) is 24.3. The van der Waals surface area contributed by atoms with E-state index in [1.807, 2.05) is 0 Å². The minimum absolute atomic E-state index is 0.0450. The van der Waals surface area contributed by atoms with Gasteiger partial charge in [0.2, 0.25) is 0 Å². The fourth-order valence-corrected chi connectivity index (χ4v) is 8.51. The Kier molecular flexibility index (Phi) is 9.06. The Labute approximate surface area is 243 Å². The molecule has 42 heavy (non-hydrogen) atoms. The number of fused-ring (bicyclic) bond motifs is 1. The number of methoxy groups -OCH3 is 1. The average Bonchev–Trinajstić information content (AvgIpc) is 3.63. The highest BCUT2D eigenvalue weighted by Gasteiger charge is 2.53. The van der Waals surface area contributed by atoms with Gasteiger partial charge in [-0.3, -0.25) is 26.2 Å². The van der Waals surface area contributed by atoms with Gasteiger partial charge in [-0.05, 0) is 56.9 Å².